The van der Waals surface area contributed by atoms with Gasteiger partial charge in [0, 0.05) is 5.02 Å². The first-order chi connectivity index (χ1) is 11.9. The van der Waals surface area contributed by atoms with E-state index in [4.69, 9.17) is 33.0 Å². The number of amides is 1. The normalized spacial score (nSPS) is 12.0. The van der Waals surface area contributed by atoms with Crippen LogP contribution in [0.4, 0.5) is 0 Å². The van der Waals surface area contributed by atoms with Gasteiger partial charge in [-0.25, -0.2) is 10.2 Å². The molecule has 8 heteroatoms. The Morgan fingerprint density at radius 2 is 1.88 bits per heavy atom. The molecule has 2 rings (SSSR count). The van der Waals surface area contributed by atoms with Crippen LogP contribution in [0.1, 0.15) is 22.8 Å². The minimum absolute atomic E-state index is 0.231. The van der Waals surface area contributed by atoms with Crippen LogP contribution in [-0.4, -0.2) is 29.3 Å². The standard InChI is InChI=1S/C17H14Cl2N2O4/c1-10(17(23)24)25-13-5-2-11(3-6-13)9-20-21-16(22)14-7-4-12(18)8-15(14)19/h2-10H,1H3,(H,21,22)(H,23,24)/b20-9-/t10-/m1/s1. The van der Waals surface area contributed by atoms with E-state index in [1.165, 1.54) is 25.3 Å². The molecule has 2 aromatic carbocycles. The maximum Gasteiger partial charge on any atom is 0.344 e. The summed E-state index contributed by atoms with van der Waals surface area (Å²) in [6, 6.07) is 11.1. The van der Waals surface area contributed by atoms with Gasteiger partial charge in [-0.3, -0.25) is 4.79 Å². The number of halogens is 2. The third-order valence-electron chi connectivity index (χ3n) is 3.10. The van der Waals surface area contributed by atoms with E-state index in [1.807, 2.05) is 0 Å². The number of hydrogen-bond donors (Lipinski definition) is 2. The van der Waals surface area contributed by atoms with E-state index in [2.05, 4.69) is 10.5 Å². The Morgan fingerprint density at radius 1 is 1.20 bits per heavy atom. The summed E-state index contributed by atoms with van der Waals surface area (Å²) in [6.45, 7) is 1.44. The van der Waals surface area contributed by atoms with Crippen molar-refractivity contribution in [2.75, 3.05) is 0 Å². The molecule has 1 amide bonds. The minimum Gasteiger partial charge on any atom is -0.479 e. The first-order valence-corrected chi connectivity index (χ1v) is 7.90. The number of carbonyl (C=O) groups excluding carboxylic acids is 1. The topological polar surface area (TPSA) is 88.0 Å². The Labute approximate surface area is 154 Å². The lowest BCUT2D eigenvalue weighted by Gasteiger charge is -2.09. The number of nitrogens with one attached hydrogen (secondary N) is 1. The van der Waals surface area contributed by atoms with Crippen molar-refractivity contribution in [3.05, 3.63) is 63.6 Å². The van der Waals surface area contributed by atoms with E-state index in [9.17, 15) is 9.59 Å². The van der Waals surface area contributed by atoms with E-state index in [0.29, 0.717) is 16.3 Å². The van der Waals surface area contributed by atoms with Crippen LogP contribution in [0.3, 0.4) is 0 Å². The number of hydrogen-bond acceptors (Lipinski definition) is 4. The van der Waals surface area contributed by atoms with Gasteiger partial charge in [0.05, 0.1) is 16.8 Å². The van der Waals surface area contributed by atoms with Crippen molar-refractivity contribution in [1.29, 1.82) is 0 Å². The molecular weight excluding hydrogens is 367 g/mol. The highest BCUT2D eigenvalue weighted by Gasteiger charge is 2.12. The van der Waals surface area contributed by atoms with Crippen molar-refractivity contribution in [2.45, 2.75) is 13.0 Å². The molecule has 0 heterocycles. The van der Waals surface area contributed by atoms with Gasteiger partial charge in [-0.05, 0) is 55.0 Å². The van der Waals surface area contributed by atoms with E-state index in [1.54, 1.807) is 30.3 Å². The molecule has 2 N–H and O–H groups in total. The summed E-state index contributed by atoms with van der Waals surface area (Å²) < 4.78 is 5.21. The second-order valence-electron chi connectivity index (χ2n) is 4.99. The zero-order valence-electron chi connectivity index (χ0n) is 13.1. The predicted octanol–water partition coefficient (Wildman–Crippen LogP) is 3.61. The summed E-state index contributed by atoms with van der Waals surface area (Å²) in [5, 5.41) is 13.3. The summed E-state index contributed by atoms with van der Waals surface area (Å²) in [4.78, 5) is 22.7. The maximum atomic E-state index is 12.0. The van der Waals surface area contributed by atoms with Crippen molar-refractivity contribution in [3.63, 3.8) is 0 Å². The average Bonchev–Trinajstić information content (AvgIpc) is 2.56. The molecule has 130 valence electrons. The number of carbonyl (C=O) groups is 2. The van der Waals surface area contributed by atoms with Gasteiger partial charge in [-0.1, -0.05) is 23.2 Å². The molecule has 0 radical (unpaired) electrons. The van der Waals surface area contributed by atoms with Crippen molar-refractivity contribution in [2.24, 2.45) is 5.10 Å². The third kappa shape index (κ3) is 5.48. The smallest absolute Gasteiger partial charge is 0.344 e. The van der Waals surface area contributed by atoms with E-state index < -0.39 is 18.0 Å². The number of ether oxygens (including phenoxy) is 1. The number of carboxylic acids is 1. The Hall–Kier alpha value is -2.57. The fraction of sp³-hybridized carbons (Fsp3) is 0.118. The van der Waals surface area contributed by atoms with Crippen molar-refractivity contribution >= 4 is 41.3 Å². The molecule has 0 aliphatic heterocycles. The van der Waals surface area contributed by atoms with Crippen LogP contribution in [0, 0.1) is 0 Å². The van der Waals surface area contributed by atoms with Gasteiger partial charge in [0.25, 0.3) is 5.91 Å². The first-order valence-electron chi connectivity index (χ1n) is 7.15. The highest BCUT2D eigenvalue weighted by atomic mass is 35.5. The SMILES string of the molecule is C[C@@H](Oc1ccc(/C=N\NC(=O)c2ccc(Cl)cc2Cl)cc1)C(=O)O. The number of aliphatic carboxylic acids is 1. The van der Waals surface area contributed by atoms with Crippen LogP contribution in [0.2, 0.25) is 10.0 Å². The fourth-order valence-electron chi connectivity index (χ4n) is 1.79. The van der Waals surface area contributed by atoms with Crippen LogP contribution in [0.15, 0.2) is 47.6 Å². The van der Waals surface area contributed by atoms with Crippen LogP contribution < -0.4 is 10.2 Å². The van der Waals surface area contributed by atoms with Gasteiger partial charge in [0.1, 0.15) is 5.75 Å². The van der Waals surface area contributed by atoms with Crippen molar-refractivity contribution in [1.82, 2.24) is 5.43 Å². The van der Waals surface area contributed by atoms with Crippen LogP contribution >= 0.6 is 23.2 Å². The zero-order valence-corrected chi connectivity index (χ0v) is 14.6. The van der Waals surface area contributed by atoms with E-state index >= 15 is 0 Å². The number of hydrazone groups is 1. The molecule has 0 saturated carbocycles. The Kier molecular flexibility index (Phi) is 6.38. The molecular formula is C17H14Cl2N2O4. The van der Waals surface area contributed by atoms with Crippen LogP contribution in [0.25, 0.3) is 0 Å². The molecule has 0 fully saturated rings. The second-order valence-corrected chi connectivity index (χ2v) is 5.83. The minimum atomic E-state index is -1.05. The molecule has 25 heavy (non-hydrogen) atoms. The van der Waals surface area contributed by atoms with E-state index in [-0.39, 0.29) is 10.6 Å². The summed E-state index contributed by atoms with van der Waals surface area (Å²) in [5.74, 6) is -1.09. The molecule has 2 aromatic rings. The largest absolute Gasteiger partial charge is 0.479 e. The van der Waals surface area contributed by atoms with Crippen molar-refractivity contribution in [3.8, 4) is 5.75 Å². The molecule has 6 nitrogen and oxygen atoms in total. The van der Waals surface area contributed by atoms with Crippen LogP contribution in [0.5, 0.6) is 5.75 Å². The molecule has 1 atom stereocenters. The lowest BCUT2D eigenvalue weighted by atomic mass is 10.2. The molecule has 0 aliphatic rings. The van der Waals surface area contributed by atoms with Gasteiger partial charge in [0.15, 0.2) is 6.10 Å². The number of nitrogens with zero attached hydrogens (tertiary/aromatic N) is 1. The predicted molar refractivity (Wildman–Crippen MR) is 95.7 cm³/mol. The second kappa shape index (κ2) is 8.50. The van der Waals surface area contributed by atoms with Gasteiger partial charge in [-0.2, -0.15) is 5.10 Å². The molecule has 0 aromatic heterocycles. The number of benzene rings is 2. The van der Waals surface area contributed by atoms with Gasteiger partial charge < -0.3 is 9.84 Å². The molecule has 0 unspecified atom stereocenters. The molecule has 0 saturated heterocycles. The lowest BCUT2D eigenvalue weighted by molar-refractivity contribution is -0.144. The van der Waals surface area contributed by atoms with Gasteiger partial charge in [0.2, 0.25) is 0 Å². The Bertz CT molecular complexity index is 807. The summed E-state index contributed by atoms with van der Waals surface area (Å²) >= 11 is 11.7. The van der Waals surface area contributed by atoms with Gasteiger partial charge in [-0.15, -0.1) is 0 Å². The third-order valence-corrected chi connectivity index (χ3v) is 3.64. The highest BCUT2D eigenvalue weighted by Crippen LogP contribution is 2.20. The maximum absolute atomic E-state index is 12.0. The number of carboxylic acid groups (broad SMARTS) is 1. The fourth-order valence-corrected chi connectivity index (χ4v) is 2.28. The van der Waals surface area contributed by atoms with E-state index in [0.717, 1.165) is 0 Å². The monoisotopic (exact) mass is 380 g/mol. The molecule has 0 aliphatic carbocycles. The first kappa shape index (κ1) is 18.8. The molecule has 0 spiro atoms. The Morgan fingerprint density at radius 3 is 2.48 bits per heavy atom. The quantitative estimate of drug-likeness (QED) is 0.591. The highest BCUT2D eigenvalue weighted by molar-refractivity contribution is 6.36. The summed E-state index contributed by atoms with van der Waals surface area (Å²) in [5.41, 5.74) is 3.31. The zero-order chi connectivity index (χ0) is 18.4. The number of rotatable bonds is 6. The van der Waals surface area contributed by atoms with Crippen LogP contribution in [-0.2, 0) is 4.79 Å². The van der Waals surface area contributed by atoms with Crippen molar-refractivity contribution < 1.29 is 19.4 Å². The summed E-state index contributed by atoms with van der Waals surface area (Å²) in [6.07, 6.45) is 0.495. The molecule has 0 bridgehead atoms. The summed E-state index contributed by atoms with van der Waals surface area (Å²) in [7, 11) is 0. The average molecular weight is 381 g/mol. The Balaban J connectivity index is 1.95. The lowest BCUT2D eigenvalue weighted by Crippen LogP contribution is -2.22. The van der Waals surface area contributed by atoms with Gasteiger partial charge >= 0.3 is 5.97 Å².